The minimum absolute atomic E-state index is 0.0435. The normalized spacial score (nSPS) is 11.6. The van der Waals surface area contributed by atoms with Crippen LogP contribution in [0.2, 0.25) is 0 Å². The van der Waals surface area contributed by atoms with Crippen molar-refractivity contribution in [1.82, 2.24) is 0 Å². The highest BCUT2D eigenvalue weighted by Crippen LogP contribution is 2.42. The lowest BCUT2D eigenvalue weighted by Crippen LogP contribution is -2.08. The highest BCUT2D eigenvalue weighted by Gasteiger charge is 2.34. The number of hydrogen-bond donors (Lipinski definition) is 4. The van der Waals surface area contributed by atoms with Crippen molar-refractivity contribution in [2.45, 2.75) is 6.18 Å². The van der Waals surface area contributed by atoms with Crippen LogP contribution in [-0.4, -0.2) is 10.2 Å². The van der Waals surface area contributed by atoms with Gasteiger partial charge in [0.25, 0.3) is 0 Å². The molecule has 0 unspecified atom stereocenters. The quantitative estimate of drug-likeness (QED) is 0.478. The van der Waals surface area contributed by atoms with E-state index in [-0.39, 0.29) is 28.3 Å². The Kier molecular flexibility index (Phi) is 3.13. The van der Waals surface area contributed by atoms with Crippen molar-refractivity contribution in [3.8, 4) is 22.6 Å². The van der Waals surface area contributed by atoms with Gasteiger partial charge in [-0.3, -0.25) is 0 Å². The first-order valence-electron chi connectivity index (χ1n) is 5.48. The molecule has 2 aromatic carbocycles. The average molecular weight is 284 g/mol. The Hall–Kier alpha value is -2.57. The van der Waals surface area contributed by atoms with Gasteiger partial charge in [0.15, 0.2) is 0 Å². The van der Waals surface area contributed by atoms with Gasteiger partial charge in [-0.1, -0.05) is 6.07 Å². The van der Waals surface area contributed by atoms with Crippen LogP contribution in [0.25, 0.3) is 11.1 Å². The van der Waals surface area contributed by atoms with Crippen molar-refractivity contribution in [3.05, 3.63) is 35.9 Å². The number of rotatable bonds is 1. The molecule has 0 atom stereocenters. The molecule has 0 heterocycles. The Morgan fingerprint density at radius 2 is 1.45 bits per heavy atom. The molecule has 0 aliphatic carbocycles. The summed E-state index contributed by atoms with van der Waals surface area (Å²) in [7, 11) is 0. The van der Waals surface area contributed by atoms with E-state index in [1.54, 1.807) is 0 Å². The fourth-order valence-corrected chi connectivity index (χ4v) is 1.79. The summed E-state index contributed by atoms with van der Waals surface area (Å²) < 4.78 is 39.0. The van der Waals surface area contributed by atoms with Gasteiger partial charge in [-0.25, -0.2) is 0 Å². The zero-order valence-electron chi connectivity index (χ0n) is 10.1. The molecule has 0 aromatic heterocycles. The van der Waals surface area contributed by atoms with Gasteiger partial charge in [-0.05, 0) is 35.4 Å². The number of benzene rings is 2. The maximum absolute atomic E-state index is 13.0. The predicted octanol–water partition coefficient (Wildman–Crippen LogP) is 2.95. The topological polar surface area (TPSA) is 92.5 Å². The van der Waals surface area contributed by atoms with Gasteiger partial charge in [0.2, 0.25) is 0 Å². The van der Waals surface area contributed by atoms with Gasteiger partial charge in [0, 0.05) is 0 Å². The summed E-state index contributed by atoms with van der Waals surface area (Å²) in [6, 6.07) is 5.24. The molecule has 4 nitrogen and oxygen atoms in total. The largest absolute Gasteiger partial charge is 0.506 e. The van der Waals surface area contributed by atoms with Crippen LogP contribution in [0.5, 0.6) is 11.5 Å². The highest BCUT2D eigenvalue weighted by molar-refractivity contribution is 5.76. The number of halogens is 3. The number of alkyl halides is 3. The minimum Gasteiger partial charge on any atom is -0.506 e. The first-order valence-corrected chi connectivity index (χ1v) is 5.48. The molecule has 20 heavy (non-hydrogen) atoms. The van der Waals surface area contributed by atoms with Gasteiger partial charge in [0.1, 0.15) is 11.5 Å². The van der Waals surface area contributed by atoms with E-state index in [0.29, 0.717) is 6.07 Å². The monoisotopic (exact) mass is 284 g/mol. The van der Waals surface area contributed by atoms with Crippen LogP contribution in [-0.2, 0) is 6.18 Å². The number of phenols is 2. The predicted molar refractivity (Wildman–Crippen MR) is 69.0 cm³/mol. The number of nitrogens with two attached hydrogens (primary N) is 2. The second-order valence-electron chi connectivity index (χ2n) is 4.23. The van der Waals surface area contributed by atoms with Gasteiger partial charge in [-0.2, -0.15) is 13.2 Å². The molecule has 0 radical (unpaired) electrons. The van der Waals surface area contributed by atoms with Crippen LogP contribution < -0.4 is 11.5 Å². The molecule has 0 saturated carbocycles. The smallest absolute Gasteiger partial charge is 0.417 e. The van der Waals surface area contributed by atoms with Crippen LogP contribution in [0.3, 0.4) is 0 Å². The van der Waals surface area contributed by atoms with Crippen molar-refractivity contribution in [3.63, 3.8) is 0 Å². The number of hydrogen-bond acceptors (Lipinski definition) is 4. The van der Waals surface area contributed by atoms with Crippen LogP contribution in [0.1, 0.15) is 5.56 Å². The summed E-state index contributed by atoms with van der Waals surface area (Å²) in [4.78, 5) is 0. The zero-order valence-corrected chi connectivity index (χ0v) is 10.1. The first-order chi connectivity index (χ1) is 9.20. The van der Waals surface area contributed by atoms with Crippen molar-refractivity contribution in [2.24, 2.45) is 0 Å². The number of anilines is 2. The molecule has 0 aliphatic heterocycles. The number of phenolic OH excluding ortho intramolecular Hbond substituents is 2. The van der Waals surface area contributed by atoms with E-state index in [9.17, 15) is 23.4 Å². The van der Waals surface area contributed by atoms with Crippen LogP contribution in [0.4, 0.5) is 24.5 Å². The Morgan fingerprint density at radius 3 is 2.00 bits per heavy atom. The third-order valence-corrected chi connectivity index (χ3v) is 2.81. The third kappa shape index (κ3) is 2.42. The molecule has 0 amide bonds. The molecule has 0 aliphatic rings. The van der Waals surface area contributed by atoms with E-state index in [2.05, 4.69) is 0 Å². The van der Waals surface area contributed by atoms with Crippen molar-refractivity contribution in [1.29, 1.82) is 0 Å². The van der Waals surface area contributed by atoms with Crippen molar-refractivity contribution < 1.29 is 23.4 Å². The minimum atomic E-state index is -4.64. The molecule has 0 fully saturated rings. The van der Waals surface area contributed by atoms with Crippen LogP contribution >= 0.6 is 0 Å². The van der Waals surface area contributed by atoms with Gasteiger partial charge >= 0.3 is 6.18 Å². The van der Waals surface area contributed by atoms with Crippen LogP contribution in [0, 0.1) is 0 Å². The lowest BCUT2D eigenvalue weighted by Gasteiger charge is -2.15. The standard InChI is InChI=1S/C13H11F3N2O2/c14-13(15,16)8-5-10(18)12(20)4-7(8)6-1-2-9(17)11(19)3-6/h1-5,19-20H,17-18H2. The van der Waals surface area contributed by atoms with Crippen molar-refractivity contribution >= 4 is 11.4 Å². The van der Waals surface area contributed by atoms with E-state index in [0.717, 1.165) is 12.1 Å². The fraction of sp³-hybridized carbons (Fsp3) is 0.0769. The van der Waals surface area contributed by atoms with E-state index in [1.807, 2.05) is 0 Å². The third-order valence-electron chi connectivity index (χ3n) is 2.81. The van der Waals surface area contributed by atoms with Gasteiger partial charge in [-0.15, -0.1) is 0 Å². The lowest BCUT2D eigenvalue weighted by molar-refractivity contribution is -0.137. The molecular weight excluding hydrogens is 273 g/mol. The molecule has 7 heteroatoms. The van der Waals surface area contributed by atoms with E-state index < -0.39 is 17.5 Å². The molecule has 6 N–H and O–H groups in total. The van der Waals surface area contributed by atoms with Gasteiger partial charge < -0.3 is 21.7 Å². The maximum atomic E-state index is 13.0. The molecule has 0 bridgehead atoms. The molecule has 0 saturated heterocycles. The zero-order chi connectivity index (χ0) is 15.1. The lowest BCUT2D eigenvalue weighted by atomic mass is 9.97. The first kappa shape index (κ1) is 13.9. The Morgan fingerprint density at radius 1 is 0.850 bits per heavy atom. The summed E-state index contributed by atoms with van der Waals surface area (Å²) in [5.41, 5.74) is 9.15. The van der Waals surface area contributed by atoms with Crippen molar-refractivity contribution in [2.75, 3.05) is 11.5 Å². The second-order valence-corrected chi connectivity index (χ2v) is 4.23. The maximum Gasteiger partial charge on any atom is 0.417 e. The Bertz CT molecular complexity index is 669. The average Bonchev–Trinajstić information content (AvgIpc) is 2.34. The Balaban J connectivity index is 2.72. The molecule has 2 aromatic rings. The summed E-state index contributed by atoms with van der Waals surface area (Å²) in [6.45, 7) is 0. The molecule has 106 valence electrons. The van der Waals surface area contributed by atoms with E-state index in [1.165, 1.54) is 12.1 Å². The summed E-state index contributed by atoms with van der Waals surface area (Å²) >= 11 is 0. The molecular formula is C13H11F3N2O2. The highest BCUT2D eigenvalue weighted by atomic mass is 19.4. The number of nitrogen functional groups attached to an aromatic ring is 2. The van der Waals surface area contributed by atoms with E-state index in [4.69, 9.17) is 11.5 Å². The fourth-order valence-electron chi connectivity index (χ4n) is 1.79. The summed E-state index contributed by atoms with van der Waals surface area (Å²) in [5.74, 6) is -0.809. The second kappa shape index (κ2) is 4.52. The SMILES string of the molecule is Nc1ccc(-c2cc(O)c(N)cc2C(F)(F)F)cc1O. The summed E-state index contributed by atoms with van der Waals surface area (Å²) in [6.07, 6.45) is -4.64. The van der Waals surface area contributed by atoms with Crippen LogP contribution in [0.15, 0.2) is 30.3 Å². The summed E-state index contributed by atoms with van der Waals surface area (Å²) in [5, 5.41) is 19.0. The Labute approximate surface area is 112 Å². The number of aromatic hydroxyl groups is 2. The van der Waals surface area contributed by atoms with Gasteiger partial charge in [0.05, 0.1) is 16.9 Å². The molecule has 0 spiro atoms. The molecule has 2 rings (SSSR count). The van der Waals surface area contributed by atoms with E-state index >= 15 is 0 Å².